The summed E-state index contributed by atoms with van der Waals surface area (Å²) < 4.78 is 24.4. The van der Waals surface area contributed by atoms with Crippen LogP contribution in [0.25, 0.3) is 0 Å². The number of ether oxygens (including phenoxy) is 4. The minimum absolute atomic E-state index is 0.0661. The molecule has 2 aromatic rings. The number of hydrogen-bond acceptors (Lipinski definition) is 11. The lowest BCUT2D eigenvalue weighted by molar-refractivity contribution is -0.141. The van der Waals surface area contributed by atoms with E-state index in [1.165, 1.54) is 33.3 Å². The second kappa shape index (κ2) is 21.0. The zero-order chi connectivity index (χ0) is 47.2. The van der Waals surface area contributed by atoms with Gasteiger partial charge in [0.1, 0.15) is 34.2 Å². The standard InChI is InChI=1S/C52H70N2O11/c1-32(2)14-9-16-34(5)18-11-21-51(7)44(58)26-38-42(57)24-36-40(47(38)64-51)28-53(49(36)60)23-13-20-46(63-31-56)54-29-41-37(50(54)61)25-43(62-30-55)39-27-45(59)52(8,65-48(39)41)22-12-19-35(6)17-10-15-33(3)4/h14-15,18-19,24-25,31,44-46,55,57-59H,9-13,16-17,20-23,26-30H2,1-8H3/b34-18+,35-19+/t44-,45-,46+,51+,52+/m0/s1. The summed E-state index contributed by atoms with van der Waals surface area (Å²) in [4.78, 5) is 43.0. The Balaban J connectivity index is 1.13. The molecule has 0 radical (unpaired) electrons. The van der Waals surface area contributed by atoms with E-state index in [0.717, 1.165) is 25.7 Å². The zero-order valence-electron chi connectivity index (χ0n) is 39.6. The number of amides is 2. The van der Waals surface area contributed by atoms with E-state index in [2.05, 4.69) is 65.8 Å². The first-order valence-corrected chi connectivity index (χ1v) is 23.2. The minimum Gasteiger partial charge on any atom is -0.508 e. The number of aliphatic hydroxyl groups is 3. The molecule has 0 aromatic heterocycles. The maximum absolute atomic E-state index is 14.2. The first kappa shape index (κ1) is 49.3. The number of phenolic OH excluding ortho intramolecular Hbond substituents is 1. The lowest BCUT2D eigenvalue weighted by Gasteiger charge is -2.41. The van der Waals surface area contributed by atoms with Crippen molar-refractivity contribution in [2.75, 3.05) is 13.3 Å². The van der Waals surface area contributed by atoms with Crippen molar-refractivity contribution < 1.29 is 53.8 Å². The monoisotopic (exact) mass is 898 g/mol. The van der Waals surface area contributed by atoms with E-state index in [4.69, 9.17) is 18.9 Å². The number of fused-ring (bicyclic) bond motifs is 6. The van der Waals surface area contributed by atoms with Crippen molar-refractivity contribution in [3.8, 4) is 23.0 Å². The van der Waals surface area contributed by atoms with E-state index >= 15 is 0 Å². The van der Waals surface area contributed by atoms with Crippen LogP contribution >= 0.6 is 0 Å². The number of benzene rings is 2. The van der Waals surface area contributed by atoms with Gasteiger partial charge in [-0.05, 0) is 125 Å². The molecule has 4 aliphatic rings. The Labute approximate surface area is 384 Å². The van der Waals surface area contributed by atoms with Gasteiger partial charge in [0.15, 0.2) is 13.0 Å². The van der Waals surface area contributed by atoms with Crippen LogP contribution in [0, 0.1) is 0 Å². The van der Waals surface area contributed by atoms with Gasteiger partial charge in [0.05, 0.1) is 36.4 Å². The fraction of sp³-hybridized carbons (Fsp3) is 0.558. The fourth-order valence-corrected chi connectivity index (χ4v) is 9.49. The minimum atomic E-state index is -0.981. The van der Waals surface area contributed by atoms with Crippen molar-refractivity contribution in [3.63, 3.8) is 0 Å². The van der Waals surface area contributed by atoms with Crippen LogP contribution in [0.4, 0.5) is 0 Å². The molecule has 6 rings (SSSR count). The van der Waals surface area contributed by atoms with E-state index in [9.17, 15) is 34.8 Å². The number of aliphatic hydroxyl groups excluding tert-OH is 3. The van der Waals surface area contributed by atoms with Crippen LogP contribution in [0.15, 0.2) is 58.7 Å². The normalized spacial score (nSPS) is 22.9. The summed E-state index contributed by atoms with van der Waals surface area (Å²) in [5.41, 5.74) is 6.09. The van der Waals surface area contributed by atoms with Gasteiger partial charge >= 0.3 is 0 Å². The lowest BCUT2D eigenvalue weighted by atomic mass is 9.84. The van der Waals surface area contributed by atoms with Crippen LogP contribution in [0.5, 0.6) is 23.0 Å². The summed E-state index contributed by atoms with van der Waals surface area (Å²) in [5, 5.41) is 43.5. The first-order chi connectivity index (χ1) is 30.9. The van der Waals surface area contributed by atoms with Gasteiger partial charge in [-0.3, -0.25) is 19.3 Å². The SMILES string of the molecule is CC(C)=CCC/C(C)=C/CC[C@@]1(C)Oc2c(c(O)cc3c2CN(CCC[C@@H](OC=O)N2Cc4c(cc(OCO)c5c4O[C@](C)(CC/C=C(\C)CCC=C(C)C)[C@@H](O)C5)C2=O)C3=O)C[C@@H]1O. The molecule has 4 heterocycles. The fourth-order valence-electron chi connectivity index (χ4n) is 9.49. The van der Waals surface area contributed by atoms with Crippen LogP contribution in [0.3, 0.4) is 0 Å². The number of carbonyl (C=O) groups is 3. The highest BCUT2D eigenvalue weighted by Crippen LogP contribution is 2.49. The Morgan fingerprint density at radius 3 is 1.86 bits per heavy atom. The quantitative estimate of drug-likeness (QED) is 0.0536. The molecule has 0 saturated heterocycles. The average Bonchev–Trinajstić information content (AvgIpc) is 3.73. The highest BCUT2D eigenvalue weighted by molar-refractivity contribution is 6.01. The number of hydrogen-bond donors (Lipinski definition) is 4. The molecular formula is C52H70N2O11. The van der Waals surface area contributed by atoms with Crippen LogP contribution in [0.1, 0.15) is 163 Å². The molecule has 0 saturated carbocycles. The van der Waals surface area contributed by atoms with E-state index in [1.54, 1.807) is 11.0 Å². The molecule has 5 atom stereocenters. The van der Waals surface area contributed by atoms with Gasteiger partial charge in [-0.2, -0.15) is 0 Å². The van der Waals surface area contributed by atoms with Crippen molar-refractivity contribution in [1.82, 2.24) is 9.80 Å². The van der Waals surface area contributed by atoms with E-state index in [0.29, 0.717) is 77.9 Å². The van der Waals surface area contributed by atoms with Crippen molar-refractivity contribution in [2.24, 2.45) is 0 Å². The molecule has 13 nitrogen and oxygen atoms in total. The molecular weight excluding hydrogens is 829 g/mol. The van der Waals surface area contributed by atoms with Crippen LogP contribution in [-0.4, -0.2) is 91.5 Å². The Bertz CT molecular complexity index is 2230. The molecule has 4 N–H and O–H groups in total. The van der Waals surface area contributed by atoms with Crippen LogP contribution < -0.4 is 14.2 Å². The van der Waals surface area contributed by atoms with Gasteiger partial charge in [0.2, 0.25) is 0 Å². The van der Waals surface area contributed by atoms with Crippen LogP contribution in [0.2, 0.25) is 0 Å². The molecule has 354 valence electrons. The highest BCUT2D eigenvalue weighted by atomic mass is 16.6. The second-order valence-corrected chi connectivity index (χ2v) is 19.3. The Hall–Kier alpha value is -5.11. The molecule has 2 aromatic carbocycles. The molecule has 4 aliphatic heterocycles. The predicted octanol–water partition coefficient (Wildman–Crippen LogP) is 8.67. The molecule has 0 bridgehead atoms. The predicted molar refractivity (Wildman–Crippen MR) is 248 cm³/mol. The summed E-state index contributed by atoms with van der Waals surface area (Å²) >= 11 is 0. The molecule has 13 heteroatoms. The Kier molecular flexibility index (Phi) is 16.0. The number of nitrogens with zero attached hydrogens (tertiary/aromatic N) is 2. The third-order valence-corrected chi connectivity index (χ3v) is 13.6. The van der Waals surface area contributed by atoms with Crippen molar-refractivity contribution in [2.45, 2.75) is 175 Å². The summed E-state index contributed by atoms with van der Waals surface area (Å²) in [5.74, 6) is 0.313. The molecule has 0 spiro atoms. The van der Waals surface area contributed by atoms with Crippen molar-refractivity contribution in [1.29, 1.82) is 0 Å². The summed E-state index contributed by atoms with van der Waals surface area (Å²) in [6.07, 6.45) is 13.3. The Morgan fingerprint density at radius 2 is 1.31 bits per heavy atom. The molecule has 65 heavy (non-hydrogen) atoms. The largest absolute Gasteiger partial charge is 0.508 e. The number of phenols is 1. The zero-order valence-corrected chi connectivity index (χ0v) is 39.6. The molecule has 0 fully saturated rings. The third-order valence-electron chi connectivity index (χ3n) is 13.6. The number of allylic oxidation sites excluding steroid dienone is 8. The van der Waals surface area contributed by atoms with Gasteiger partial charge in [0.25, 0.3) is 18.3 Å². The van der Waals surface area contributed by atoms with Crippen LogP contribution in [-0.2, 0) is 35.5 Å². The van der Waals surface area contributed by atoms with E-state index in [1.807, 2.05) is 13.8 Å². The smallest absolute Gasteiger partial charge is 0.295 e. The summed E-state index contributed by atoms with van der Waals surface area (Å²) in [7, 11) is 0. The van der Waals surface area contributed by atoms with Gasteiger partial charge in [-0.15, -0.1) is 0 Å². The third kappa shape index (κ3) is 11.1. The van der Waals surface area contributed by atoms with E-state index in [-0.39, 0.29) is 61.9 Å². The second-order valence-electron chi connectivity index (χ2n) is 19.3. The summed E-state index contributed by atoms with van der Waals surface area (Å²) in [6.45, 7) is 16.5. The number of rotatable bonds is 21. The number of carbonyl (C=O) groups excluding carboxylic acids is 3. The van der Waals surface area contributed by atoms with Gasteiger partial charge in [0, 0.05) is 48.1 Å². The Morgan fingerprint density at radius 1 is 0.769 bits per heavy atom. The highest BCUT2D eigenvalue weighted by Gasteiger charge is 2.47. The number of aromatic hydroxyl groups is 1. The van der Waals surface area contributed by atoms with Gasteiger partial charge < -0.3 is 44.3 Å². The van der Waals surface area contributed by atoms with Gasteiger partial charge in [-0.1, -0.05) is 46.6 Å². The molecule has 2 amide bonds. The molecule has 0 aliphatic carbocycles. The summed E-state index contributed by atoms with van der Waals surface area (Å²) in [6, 6.07) is 3.01. The first-order valence-electron chi connectivity index (χ1n) is 23.2. The molecule has 0 unspecified atom stereocenters. The van der Waals surface area contributed by atoms with Gasteiger partial charge in [-0.25, -0.2) is 0 Å². The average molecular weight is 899 g/mol. The maximum Gasteiger partial charge on any atom is 0.295 e. The lowest BCUT2D eigenvalue weighted by Crippen LogP contribution is -2.49. The topological polar surface area (TPSA) is 176 Å². The van der Waals surface area contributed by atoms with Crippen molar-refractivity contribution in [3.05, 3.63) is 92.1 Å². The maximum atomic E-state index is 14.2. The van der Waals surface area contributed by atoms with Crippen molar-refractivity contribution >= 4 is 18.3 Å². The van der Waals surface area contributed by atoms with E-state index < -0.39 is 42.3 Å².